The Morgan fingerprint density at radius 2 is 0.618 bits per heavy atom. The van der Waals surface area contributed by atoms with Crippen molar-refractivity contribution in [2.75, 3.05) is 13.2 Å². The molecule has 428 valence electrons. The lowest BCUT2D eigenvalue weighted by Crippen LogP contribution is -2.44. The van der Waals surface area contributed by atoms with Gasteiger partial charge in [-0.3, -0.25) is 14.4 Å². The zero-order valence-corrected chi connectivity index (χ0v) is 52.0. The van der Waals surface area contributed by atoms with E-state index in [2.05, 4.69) is 161 Å². The van der Waals surface area contributed by atoms with Crippen molar-refractivity contribution in [1.82, 2.24) is 0 Å². The maximum atomic E-state index is 14.2. The molecule has 0 saturated carbocycles. The topological polar surface area (TPSA) is 107 Å². The molecule has 0 aliphatic rings. The number of rotatable bonds is 32. The quantitative estimate of drug-likeness (QED) is 0.0446. The molecule has 0 bridgehead atoms. The van der Waals surface area contributed by atoms with E-state index in [-0.39, 0.29) is 65.0 Å². The van der Waals surface area contributed by atoms with E-state index in [4.69, 9.17) is 28.4 Å². The van der Waals surface area contributed by atoms with Gasteiger partial charge in [0.1, 0.15) is 48.8 Å². The average molecular weight is 1060 g/mol. The van der Waals surface area contributed by atoms with Crippen LogP contribution in [0.1, 0.15) is 263 Å². The lowest BCUT2D eigenvalue weighted by atomic mass is 9.76. The molecule has 9 heteroatoms. The van der Waals surface area contributed by atoms with E-state index in [1.54, 1.807) is 6.92 Å². The van der Waals surface area contributed by atoms with Crippen molar-refractivity contribution >= 4 is 17.9 Å². The summed E-state index contributed by atoms with van der Waals surface area (Å²) in [7, 11) is 0. The molecule has 0 N–H and O–H groups in total. The first kappa shape index (κ1) is 65.8. The summed E-state index contributed by atoms with van der Waals surface area (Å²) in [5.41, 5.74) is 4.97. The number of benzene rings is 3. The van der Waals surface area contributed by atoms with Gasteiger partial charge in [0.2, 0.25) is 0 Å². The predicted octanol–water partition coefficient (Wildman–Crippen LogP) is 17.2. The molecule has 0 fully saturated rings. The van der Waals surface area contributed by atoms with Crippen LogP contribution in [0.3, 0.4) is 0 Å². The first-order valence-corrected chi connectivity index (χ1v) is 29.2. The normalized spacial score (nSPS) is 14.8. The number of esters is 3. The number of hydrogen-bond donors (Lipinski definition) is 0. The molecule has 3 atom stereocenters. The fourth-order valence-corrected chi connectivity index (χ4v) is 8.84. The predicted molar refractivity (Wildman–Crippen MR) is 314 cm³/mol. The van der Waals surface area contributed by atoms with Gasteiger partial charge in [0.05, 0.1) is 19.3 Å². The lowest BCUT2D eigenvalue weighted by Gasteiger charge is -2.32. The van der Waals surface area contributed by atoms with Gasteiger partial charge in [-0.25, -0.2) is 0 Å². The molecule has 3 aromatic carbocycles. The second kappa shape index (κ2) is 27.4. The van der Waals surface area contributed by atoms with Crippen molar-refractivity contribution in [3.05, 3.63) is 88.0 Å². The molecule has 3 aromatic rings. The number of hydrogen-bond acceptors (Lipinski definition) is 9. The third kappa shape index (κ3) is 17.7. The third-order valence-electron chi connectivity index (χ3n) is 17.6. The Balaban J connectivity index is 1.93. The molecule has 0 aliphatic heterocycles. The summed E-state index contributed by atoms with van der Waals surface area (Å²) in [5.74, 6) is 0.648. The van der Waals surface area contributed by atoms with Crippen molar-refractivity contribution < 1.29 is 42.8 Å². The summed E-state index contributed by atoms with van der Waals surface area (Å²) in [6.45, 7) is 46.9. The molecule has 0 radical (unpaired) electrons. The Morgan fingerprint density at radius 1 is 0.368 bits per heavy atom. The number of carbonyl (C=O) groups is 3. The highest BCUT2D eigenvalue weighted by molar-refractivity contribution is 5.72. The molecule has 9 nitrogen and oxygen atoms in total. The Bertz CT molecular complexity index is 2240. The van der Waals surface area contributed by atoms with Crippen LogP contribution in [0.5, 0.6) is 17.2 Å². The van der Waals surface area contributed by atoms with E-state index in [9.17, 15) is 14.4 Å². The van der Waals surface area contributed by atoms with Crippen LogP contribution in [0.15, 0.2) is 54.6 Å². The highest BCUT2D eigenvalue weighted by atomic mass is 16.6. The van der Waals surface area contributed by atoms with Gasteiger partial charge in [-0.15, -0.1) is 0 Å². The number of carbonyl (C=O) groups excluding carboxylic acids is 3. The van der Waals surface area contributed by atoms with Crippen LogP contribution in [0, 0.1) is 0 Å². The lowest BCUT2D eigenvalue weighted by molar-refractivity contribution is -0.183. The van der Waals surface area contributed by atoms with Gasteiger partial charge in [-0.2, -0.15) is 0 Å². The fourth-order valence-electron chi connectivity index (χ4n) is 8.84. The zero-order valence-electron chi connectivity index (χ0n) is 52.0. The van der Waals surface area contributed by atoms with E-state index in [0.717, 1.165) is 72.5 Å². The standard InChI is InChI=1S/C67H106O9/c1-23-49(73-55-35-32-46(61(10,11)26-4)38-52(55)64(16,17)29-7)41-58(68)71-44-67(22,76-60(70)43-51(25-3)75-57-37-34-48(63(14,15)28-6)40-54(57)66(20,21)31-9)45-72-59(69)42-50(24-2)74-56-36-33-47(62(12,13)27-5)39-53(56)65(18,19)30-8/h32-40,49-51H,23-31,41-45H2,1-22H3. The van der Waals surface area contributed by atoms with Crippen LogP contribution < -0.4 is 14.2 Å². The summed E-state index contributed by atoms with van der Waals surface area (Å²) < 4.78 is 38.3. The van der Waals surface area contributed by atoms with Crippen LogP contribution in [-0.2, 0) is 61.1 Å². The van der Waals surface area contributed by atoms with Gasteiger partial charge in [-0.1, -0.05) is 182 Å². The van der Waals surface area contributed by atoms with Gasteiger partial charge in [0.25, 0.3) is 0 Å². The molecule has 0 spiro atoms. The van der Waals surface area contributed by atoms with E-state index in [1.165, 1.54) is 16.7 Å². The molecule has 0 saturated heterocycles. The van der Waals surface area contributed by atoms with E-state index in [1.807, 2.05) is 39.0 Å². The summed E-state index contributed by atoms with van der Waals surface area (Å²) in [6, 6.07) is 19.3. The molecule has 3 rings (SSSR count). The Kier molecular flexibility index (Phi) is 23.7. The monoisotopic (exact) mass is 1050 g/mol. The third-order valence-corrected chi connectivity index (χ3v) is 17.6. The molecular weight excluding hydrogens is 949 g/mol. The maximum absolute atomic E-state index is 14.2. The number of ether oxygens (including phenoxy) is 6. The largest absolute Gasteiger partial charge is 0.490 e. The van der Waals surface area contributed by atoms with Crippen molar-refractivity contribution in [2.24, 2.45) is 0 Å². The van der Waals surface area contributed by atoms with E-state index >= 15 is 0 Å². The molecule has 76 heavy (non-hydrogen) atoms. The average Bonchev–Trinajstić information content (AvgIpc) is 3.38. The zero-order chi connectivity index (χ0) is 57.7. The summed E-state index contributed by atoms with van der Waals surface area (Å²) in [4.78, 5) is 42.0. The molecule has 0 aliphatic carbocycles. The maximum Gasteiger partial charge on any atom is 0.310 e. The molecule has 0 heterocycles. The first-order chi connectivity index (χ1) is 35.3. The van der Waals surface area contributed by atoms with Crippen LogP contribution in [0.25, 0.3) is 0 Å². The molecule has 3 unspecified atom stereocenters. The van der Waals surface area contributed by atoms with Gasteiger partial charge < -0.3 is 28.4 Å². The van der Waals surface area contributed by atoms with E-state index < -0.39 is 41.8 Å². The van der Waals surface area contributed by atoms with Crippen LogP contribution in [0.2, 0.25) is 0 Å². The van der Waals surface area contributed by atoms with Gasteiger partial charge in [-0.05, 0) is 132 Å². The van der Waals surface area contributed by atoms with Crippen LogP contribution in [0.4, 0.5) is 0 Å². The molecule has 0 amide bonds. The Labute approximate surface area is 463 Å². The van der Waals surface area contributed by atoms with Crippen molar-refractivity contribution in [3.63, 3.8) is 0 Å². The molecular formula is C67H106O9. The van der Waals surface area contributed by atoms with Crippen LogP contribution in [-0.4, -0.2) is 55.0 Å². The summed E-state index contributed by atoms with van der Waals surface area (Å²) in [5, 5.41) is 0. The second-order valence-corrected chi connectivity index (χ2v) is 25.9. The highest BCUT2D eigenvalue weighted by Crippen LogP contribution is 2.42. The SMILES string of the molecule is CCC(CC(=O)OCC(C)(COC(=O)CC(CC)Oc1ccc(C(C)(C)CC)cc1C(C)(C)CC)OC(=O)CC(CC)Oc1ccc(C(C)(C)CC)cc1C(C)(C)CC)Oc1ccc(C(C)(C)CC)cc1C(C)(C)CC. The van der Waals surface area contributed by atoms with Gasteiger partial charge >= 0.3 is 17.9 Å². The first-order valence-electron chi connectivity index (χ1n) is 29.2. The van der Waals surface area contributed by atoms with Crippen molar-refractivity contribution in [3.8, 4) is 17.2 Å². The molecule has 0 aromatic heterocycles. The minimum atomic E-state index is -1.53. The van der Waals surface area contributed by atoms with Gasteiger partial charge in [0.15, 0.2) is 5.60 Å². The van der Waals surface area contributed by atoms with Gasteiger partial charge in [0, 0.05) is 16.7 Å². The summed E-state index contributed by atoms with van der Waals surface area (Å²) >= 11 is 0. The van der Waals surface area contributed by atoms with Crippen LogP contribution >= 0.6 is 0 Å². The highest BCUT2D eigenvalue weighted by Gasteiger charge is 2.37. The smallest absolute Gasteiger partial charge is 0.310 e. The fraction of sp³-hybridized carbons (Fsp3) is 0.687. The second-order valence-electron chi connectivity index (χ2n) is 25.9. The minimum absolute atomic E-state index is 0.00676. The Hall–Kier alpha value is -4.53. The van der Waals surface area contributed by atoms with E-state index in [0.29, 0.717) is 19.3 Å². The summed E-state index contributed by atoms with van der Waals surface area (Å²) in [6.07, 6.45) is 5.71. The minimum Gasteiger partial charge on any atom is -0.490 e. The Morgan fingerprint density at radius 3 is 0.855 bits per heavy atom. The van der Waals surface area contributed by atoms with Crippen molar-refractivity contribution in [2.45, 2.75) is 286 Å². The van der Waals surface area contributed by atoms with Crippen molar-refractivity contribution in [1.29, 1.82) is 0 Å².